The standard InChI is InChI=1S/C12H18N2O.ClH/c1-10(2)8-13-9-14-12(15)11-6-4-3-5-7-11;/h3-7,10,13H,8-9H2,1-2H3,(H,14,15);1H. The summed E-state index contributed by atoms with van der Waals surface area (Å²) in [5.41, 5.74) is 0.698. The van der Waals surface area contributed by atoms with Gasteiger partial charge in [-0.3, -0.25) is 10.1 Å². The van der Waals surface area contributed by atoms with Crippen molar-refractivity contribution in [1.82, 2.24) is 10.6 Å². The summed E-state index contributed by atoms with van der Waals surface area (Å²) in [6, 6.07) is 9.22. The fourth-order valence-electron chi connectivity index (χ4n) is 1.20. The van der Waals surface area contributed by atoms with Crippen molar-refractivity contribution in [1.29, 1.82) is 0 Å². The number of nitrogens with one attached hydrogen (secondary N) is 2. The number of carbonyl (C=O) groups excluding carboxylic acids is 1. The van der Waals surface area contributed by atoms with E-state index in [1.807, 2.05) is 18.2 Å². The first-order valence-corrected chi connectivity index (χ1v) is 5.24. The van der Waals surface area contributed by atoms with Crippen molar-refractivity contribution in [3.8, 4) is 0 Å². The van der Waals surface area contributed by atoms with Crippen molar-refractivity contribution in [3.63, 3.8) is 0 Å². The number of benzene rings is 1. The molecule has 0 heterocycles. The van der Waals surface area contributed by atoms with Gasteiger partial charge in [0.25, 0.3) is 5.91 Å². The second-order valence-electron chi connectivity index (χ2n) is 3.90. The minimum absolute atomic E-state index is 0. The highest BCUT2D eigenvalue weighted by molar-refractivity contribution is 5.94. The van der Waals surface area contributed by atoms with Gasteiger partial charge >= 0.3 is 0 Å². The highest BCUT2D eigenvalue weighted by atomic mass is 35.5. The van der Waals surface area contributed by atoms with Crippen LogP contribution in [0.2, 0.25) is 0 Å². The van der Waals surface area contributed by atoms with Crippen molar-refractivity contribution in [2.45, 2.75) is 13.8 Å². The Morgan fingerprint density at radius 1 is 1.25 bits per heavy atom. The van der Waals surface area contributed by atoms with E-state index in [1.54, 1.807) is 12.1 Å². The molecule has 1 amide bonds. The molecule has 1 aromatic carbocycles. The third kappa shape index (κ3) is 5.73. The van der Waals surface area contributed by atoms with E-state index in [2.05, 4.69) is 24.5 Å². The van der Waals surface area contributed by atoms with Crippen molar-refractivity contribution in [3.05, 3.63) is 35.9 Å². The molecule has 2 N–H and O–H groups in total. The Hall–Kier alpha value is -1.06. The zero-order valence-corrected chi connectivity index (χ0v) is 10.5. The van der Waals surface area contributed by atoms with Gasteiger partial charge in [0.2, 0.25) is 0 Å². The summed E-state index contributed by atoms with van der Waals surface area (Å²) < 4.78 is 0. The van der Waals surface area contributed by atoms with Crippen LogP contribution < -0.4 is 10.6 Å². The minimum atomic E-state index is -0.0353. The summed E-state index contributed by atoms with van der Waals surface area (Å²) in [4.78, 5) is 11.5. The van der Waals surface area contributed by atoms with Gasteiger partial charge < -0.3 is 5.32 Å². The molecular weight excluding hydrogens is 224 g/mol. The van der Waals surface area contributed by atoms with Crippen molar-refractivity contribution < 1.29 is 4.79 Å². The zero-order valence-electron chi connectivity index (χ0n) is 9.69. The third-order valence-electron chi connectivity index (χ3n) is 1.96. The molecule has 90 valence electrons. The smallest absolute Gasteiger partial charge is 0.252 e. The van der Waals surface area contributed by atoms with Gasteiger partial charge in [0, 0.05) is 5.56 Å². The van der Waals surface area contributed by atoms with Crippen LogP contribution in [0, 0.1) is 5.92 Å². The third-order valence-corrected chi connectivity index (χ3v) is 1.96. The topological polar surface area (TPSA) is 41.1 Å². The first-order valence-electron chi connectivity index (χ1n) is 5.24. The van der Waals surface area contributed by atoms with Crippen LogP contribution in [0.25, 0.3) is 0 Å². The maximum Gasteiger partial charge on any atom is 0.252 e. The molecule has 0 atom stereocenters. The Morgan fingerprint density at radius 2 is 1.88 bits per heavy atom. The maximum atomic E-state index is 11.5. The first-order chi connectivity index (χ1) is 7.20. The van der Waals surface area contributed by atoms with E-state index in [1.165, 1.54) is 0 Å². The summed E-state index contributed by atoms with van der Waals surface area (Å²) in [7, 11) is 0. The summed E-state index contributed by atoms with van der Waals surface area (Å²) in [5, 5.41) is 5.96. The zero-order chi connectivity index (χ0) is 11.1. The number of hydrogen-bond donors (Lipinski definition) is 2. The first kappa shape index (κ1) is 14.9. The number of rotatable bonds is 5. The quantitative estimate of drug-likeness (QED) is 0.613. The molecule has 0 fully saturated rings. The second kappa shape index (κ2) is 8.13. The lowest BCUT2D eigenvalue weighted by Crippen LogP contribution is -2.35. The number of hydrogen-bond acceptors (Lipinski definition) is 2. The lowest BCUT2D eigenvalue weighted by Gasteiger charge is -2.08. The average molecular weight is 243 g/mol. The fourth-order valence-corrected chi connectivity index (χ4v) is 1.20. The Kier molecular flexibility index (Phi) is 7.60. The lowest BCUT2D eigenvalue weighted by molar-refractivity contribution is 0.0950. The van der Waals surface area contributed by atoms with Crippen molar-refractivity contribution in [2.75, 3.05) is 13.2 Å². The highest BCUT2D eigenvalue weighted by Crippen LogP contribution is 1.96. The van der Waals surface area contributed by atoms with E-state index in [0.717, 1.165) is 6.54 Å². The largest absolute Gasteiger partial charge is 0.339 e. The van der Waals surface area contributed by atoms with Crippen LogP contribution in [-0.2, 0) is 0 Å². The molecule has 0 bridgehead atoms. The van der Waals surface area contributed by atoms with E-state index in [4.69, 9.17) is 0 Å². The molecule has 0 unspecified atom stereocenters. The summed E-state index contributed by atoms with van der Waals surface area (Å²) in [6.45, 7) is 5.69. The predicted octanol–water partition coefficient (Wildman–Crippen LogP) is 2.04. The molecule has 0 aliphatic carbocycles. The van der Waals surface area contributed by atoms with E-state index < -0.39 is 0 Å². The van der Waals surface area contributed by atoms with Crippen molar-refractivity contribution >= 4 is 18.3 Å². The minimum Gasteiger partial charge on any atom is -0.339 e. The van der Waals surface area contributed by atoms with Crippen LogP contribution >= 0.6 is 12.4 Å². The molecule has 0 radical (unpaired) electrons. The van der Waals surface area contributed by atoms with Gasteiger partial charge in [0.05, 0.1) is 6.67 Å². The van der Waals surface area contributed by atoms with Gasteiger partial charge in [-0.05, 0) is 24.6 Å². The molecule has 0 aliphatic rings. The van der Waals surface area contributed by atoms with Crippen LogP contribution in [0.15, 0.2) is 30.3 Å². The normalized spacial score (nSPS) is 9.69. The molecule has 16 heavy (non-hydrogen) atoms. The number of halogens is 1. The van der Waals surface area contributed by atoms with Crippen LogP contribution in [0.4, 0.5) is 0 Å². The Bertz CT molecular complexity index is 301. The maximum absolute atomic E-state index is 11.5. The van der Waals surface area contributed by atoms with Crippen molar-refractivity contribution in [2.24, 2.45) is 5.92 Å². The fraction of sp³-hybridized carbons (Fsp3) is 0.417. The second-order valence-corrected chi connectivity index (χ2v) is 3.90. The summed E-state index contributed by atoms with van der Waals surface area (Å²) >= 11 is 0. The van der Waals surface area contributed by atoms with E-state index in [0.29, 0.717) is 18.2 Å². The Balaban J connectivity index is 0.00000225. The van der Waals surface area contributed by atoms with Crippen LogP contribution in [0.1, 0.15) is 24.2 Å². The SMILES string of the molecule is CC(C)CNCNC(=O)c1ccccc1.Cl. The van der Waals surface area contributed by atoms with Gasteiger partial charge in [-0.25, -0.2) is 0 Å². The molecule has 1 rings (SSSR count). The molecule has 0 saturated heterocycles. The Labute approximate surface area is 103 Å². The van der Waals surface area contributed by atoms with E-state index in [-0.39, 0.29) is 18.3 Å². The van der Waals surface area contributed by atoms with Crippen LogP contribution in [-0.4, -0.2) is 19.1 Å². The molecule has 0 spiro atoms. The van der Waals surface area contributed by atoms with E-state index in [9.17, 15) is 4.79 Å². The molecule has 0 aromatic heterocycles. The van der Waals surface area contributed by atoms with Crippen LogP contribution in [0.3, 0.4) is 0 Å². The molecule has 3 nitrogen and oxygen atoms in total. The van der Waals surface area contributed by atoms with Gasteiger partial charge in [0.1, 0.15) is 0 Å². The van der Waals surface area contributed by atoms with Gasteiger partial charge in [0.15, 0.2) is 0 Å². The molecule has 0 saturated carbocycles. The molecule has 1 aromatic rings. The van der Waals surface area contributed by atoms with Gasteiger partial charge in [-0.15, -0.1) is 12.4 Å². The number of amides is 1. The van der Waals surface area contributed by atoms with Gasteiger partial charge in [-0.1, -0.05) is 32.0 Å². The summed E-state index contributed by atoms with van der Waals surface area (Å²) in [5.74, 6) is 0.561. The molecule has 0 aliphatic heterocycles. The highest BCUT2D eigenvalue weighted by Gasteiger charge is 2.02. The molecular formula is C12H19ClN2O. The lowest BCUT2D eigenvalue weighted by atomic mass is 10.2. The Morgan fingerprint density at radius 3 is 2.44 bits per heavy atom. The van der Waals surface area contributed by atoms with Gasteiger partial charge in [-0.2, -0.15) is 0 Å². The monoisotopic (exact) mass is 242 g/mol. The average Bonchev–Trinajstić information content (AvgIpc) is 2.25. The van der Waals surface area contributed by atoms with Crippen LogP contribution in [0.5, 0.6) is 0 Å². The van der Waals surface area contributed by atoms with E-state index >= 15 is 0 Å². The summed E-state index contributed by atoms with van der Waals surface area (Å²) in [6.07, 6.45) is 0. The number of carbonyl (C=O) groups is 1. The molecule has 4 heteroatoms. The predicted molar refractivity (Wildman–Crippen MR) is 68.9 cm³/mol.